The van der Waals surface area contributed by atoms with Crippen LogP contribution < -0.4 is 5.32 Å². The summed E-state index contributed by atoms with van der Waals surface area (Å²) in [6, 6.07) is 6.26. The zero-order valence-corrected chi connectivity index (χ0v) is 14.6. The minimum atomic E-state index is -0.389. The summed E-state index contributed by atoms with van der Waals surface area (Å²) in [5.41, 5.74) is 1.59. The van der Waals surface area contributed by atoms with E-state index in [0.29, 0.717) is 28.5 Å². The predicted molar refractivity (Wildman–Crippen MR) is 93.3 cm³/mol. The molecule has 0 unspecified atom stereocenters. The van der Waals surface area contributed by atoms with E-state index in [1.54, 1.807) is 33.8 Å². The first-order valence-corrected chi connectivity index (χ1v) is 8.17. The SMILES string of the molecule is CCn1cc(C(=O)Nc2cc(C)n(Cc3c(F)cccc3Cl)n2)cn1. The van der Waals surface area contributed by atoms with Crippen LogP contribution in [0.1, 0.15) is 28.5 Å². The molecule has 6 nitrogen and oxygen atoms in total. The molecule has 1 N–H and O–H groups in total. The average molecular weight is 362 g/mol. The quantitative estimate of drug-likeness (QED) is 0.756. The lowest BCUT2D eigenvalue weighted by molar-refractivity contribution is 0.102. The molecule has 25 heavy (non-hydrogen) atoms. The summed E-state index contributed by atoms with van der Waals surface area (Å²) in [6.45, 7) is 4.63. The van der Waals surface area contributed by atoms with E-state index in [1.807, 2.05) is 13.8 Å². The van der Waals surface area contributed by atoms with Gasteiger partial charge in [-0.05, 0) is 26.0 Å². The van der Waals surface area contributed by atoms with Gasteiger partial charge < -0.3 is 5.32 Å². The molecule has 0 aliphatic rings. The largest absolute Gasteiger partial charge is 0.305 e. The number of amides is 1. The monoisotopic (exact) mass is 361 g/mol. The average Bonchev–Trinajstić information content (AvgIpc) is 3.18. The maximum Gasteiger partial charge on any atom is 0.260 e. The van der Waals surface area contributed by atoms with Crippen LogP contribution in [0.4, 0.5) is 10.2 Å². The number of rotatable bonds is 5. The maximum absolute atomic E-state index is 13.9. The number of carbonyl (C=O) groups is 1. The zero-order chi connectivity index (χ0) is 18.0. The number of nitrogens with one attached hydrogen (secondary N) is 1. The molecular formula is C17H17ClFN5O. The Morgan fingerprint density at radius 2 is 2.20 bits per heavy atom. The summed E-state index contributed by atoms with van der Waals surface area (Å²) in [5, 5.41) is 11.4. The van der Waals surface area contributed by atoms with Gasteiger partial charge in [-0.3, -0.25) is 14.2 Å². The van der Waals surface area contributed by atoms with Crippen molar-refractivity contribution in [3.8, 4) is 0 Å². The molecule has 8 heteroatoms. The van der Waals surface area contributed by atoms with E-state index in [0.717, 1.165) is 5.69 Å². The Morgan fingerprint density at radius 3 is 2.88 bits per heavy atom. The van der Waals surface area contributed by atoms with Gasteiger partial charge in [0, 0.05) is 35.1 Å². The summed E-state index contributed by atoms with van der Waals surface area (Å²) in [5.74, 6) is -0.299. The summed E-state index contributed by atoms with van der Waals surface area (Å²) >= 11 is 6.06. The third-order valence-corrected chi connectivity index (χ3v) is 4.17. The first-order valence-electron chi connectivity index (χ1n) is 7.79. The second kappa shape index (κ2) is 7.06. The van der Waals surface area contributed by atoms with Gasteiger partial charge in [0.25, 0.3) is 5.91 Å². The number of hydrogen-bond donors (Lipinski definition) is 1. The first-order chi connectivity index (χ1) is 12.0. The highest BCUT2D eigenvalue weighted by atomic mass is 35.5. The van der Waals surface area contributed by atoms with Crippen LogP contribution in [-0.2, 0) is 13.1 Å². The molecule has 0 aliphatic carbocycles. The third-order valence-electron chi connectivity index (χ3n) is 3.81. The number of anilines is 1. The van der Waals surface area contributed by atoms with Gasteiger partial charge in [-0.1, -0.05) is 17.7 Å². The van der Waals surface area contributed by atoms with E-state index >= 15 is 0 Å². The molecule has 0 aliphatic heterocycles. The molecule has 2 heterocycles. The Morgan fingerprint density at radius 1 is 1.40 bits per heavy atom. The predicted octanol–water partition coefficient (Wildman–Crippen LogP) is 3.50. The molecule has 0 bridgehead atoms. The minimum Gasteiger partial charge on any atom is -0.305 e. The number of nitrogens with zero attached hydrogens (tertiary/aromatic N) is 4. The van der Waals surface area contributed by atoms with Crippen LogP contribution in [0.5, 0.6) is 0 Å². The van der Waals surface area contributed by atoms with Crippen LogP contribution in [-0.4, -0.2) is 25.5 Å². The minimum absolute atomic E-state index is 0.182. The maximum atomic E-state index is 13.9. The third kappa shape index (κ3) is 3.71. The highest BCUT2D eigenvalue weighted by Crippen LogP contribution is 2.21. The molecule has 0 atom stereocenters. The van der Waals surface area contributed by atoms with Crippen molar-refractivity contribution in [3.63, 3.8) is 0 Å². The molecule has 2 aromatic heterocycles. The van der Waals surface area contributed by atoms with Crippen LogP contribution in [0.3, 0.4) is 0 Å². The van der Waals surface area contributed by atoms with E-state index in [-0.39, 0.29) is 18.3 Å². The van der Waals surface area contributed by atoms with Crippen molar-refractivity contribution >= 4 is 23.3 Å². The van der Waals surface area contributed by atoms with Crippen molar-refractivity contribution in [2.24, 2.45) is 0 Å². The van der Waals surface area contributed by atoms with Gasteiger partial charge in [-0.15, -0.1) is 0 Å². The summed E-state index contributed by atoms with van der Waals surface area (Å²) < 4.78 is 17.2. The molecule has 3 aromatic rings. The molecule has 1 aromatic carbocycles. The van der Waals surface area contributed by atoms with E-state index in [2.05, 4.69) is 15.5 Å². The summed E-state index contributed by atoms with van der Waals surface area (Å²) in [6.07, 6.45) is 3.17. The van der Waals surface area contributed by atoms with E-state index in [4.69, 9.17) is 11.6 Å². The van der Waals surface area contributed by atoms with Crippen LogP contribution >= 0.6 is 11.6 Å². The lowest BCUT2D eigenvalue weighted by atomic mass is 10.2. The smallest absolute Gasteiger partial charge is 0.260 e. The molecule has 0 saturated carbocycles. The zero-order valence-electron chi connectivity index (χ0n) is 13.8. The Bertz CT molecular complexity index is 897. The van der Waals surface area contributed by atoms with Gasteiger partial charge in [-0.25, -0.2) is 4.39 Å². The standard InChI is InChI=1S/C17H17ClFN5O/c1-3-23-9-12(8-20-23)17(25)21-16-7-11(2)24(22-16)10-13-14(18)5-4-6-15(13)19/h4-9H,3,10H2,1-2H3,(H,21,22,25). The molecule has 0 saturated heterocycles. The van der Waals surface area contributed by atoms with Gasteiger partial charge in [0.15, 0.2) is 5.82 Å². The molecular weight excluding hydrogens is 345 g/mol. The number of aromatic nitrogens is 4. The van der Waals surface area contributed by atoms with Crippen molar-refractivity contribution in [3.05, 3.63) is 64.3 Å². The number of halogens is 2. The van der Waals surface area contributed by atoms with Crippen LogP contribution in [0.25, 0.3) is 0 Å². The number of aryl methyl sites for hydroxylation is 2. The number of hydrogen-bond acceptors (Lipinski definition) is 3. The van der Waals surface area contributed by atoms with Gasteiger partial charge in [-0.2, -0.15) is 10.2 Å². The normalized spacial score (nSPS) is 10.9. The molecule has 0 spiro atoms. The van der Waals surface area contributed by atoms with Gasteiger partial charge in [0.05, 0.1) is 18.3 Å². The molecule has 130 valence electrons. The lowest BCUT2D eigenvalue weighted by Crippen LogP contribution is -2.12. The van der Waals surface area contributed by atoms with Crippen LogP contribution in [0.15, 0.2) is 36.7 Å². The van der Waals surface area contributed by atoms with E-state index in [9.17, 15) is 9.18 Å². The van der Waals surface area contributed by atoms with Crippen molar-refractivity contribution in [1.82, 2.24) is 19.6 Å². The fourth-order valence-electron chi connectivity index (χ4n) is 2.41. The fourth-order valence-corrected chi connectivity index (χ4v) is 2.63. The van der Waals surface area contributed by atoms with Crippen LogP contribution in [0.2, 0.25) is 5.02 Å². The van der Waals surface area contributed by atoms with Gasteiger partial charge >= 0.3 is 0 Å². The number of carbonyl (C=O) groups excluding carboxylic acids is 1. The Labute approximate surface area is 149 Å². The van der Waals surface area contributed by atoms with Crippen molar-refractivity contribution in [1.29, 1.82) is 0 Å². The second-order valence-corrected chi connectivity index (χ2v) is 5.97. The van der Waals surface area contributed by atoms with Crippen molar-refractivity contribution in [2.45, 2.75) is 26.9 Å². The van der Waals surface area contributed by atoms with Gasteiger partial charge in [0.1, 0.15) is 5.82 Å². The van der Waals surface area contributed by atoms with Gasteiger partial charge in [0.2, 0.25) is 0 Å². The Hall–Kier alpha value is -2.67. The molecule has 0 radical (unpaired) electrons. The Balaban J connectivity index is 1.77. The molecule has 1 amide bonds. The van der Waals surface area contributed by atoms with E-state index < -0.39 is 0 Å². The van der Waals surface area contributed by atoms with E-state index in [1.165, 1.54) is 12.3 Å². The fraction of sp³-hybridized carbons (Fsp3) is 0.235. The highest BCUT2D eigenvalue weighted by Gasteiger charge is 2.14. The summed E-state index contributed by atoms with van der Waals surface area (Å²) in [7, 11) is 0. The van der Waals surface area contributed by atoms with Crippen molar-refractivity contribution in [2.75, 3.05) is 5.32 Å². The summed E-state index contributed by atoms with van der Waals surface area (Å²) in [4.78, 5) is 12.2. The number of benzene rings is 1. The second-order valence-electron chi connectivity index (χ2n) is 5.57. The highest BCUT2D eigenvalue weighted by molar-refractivity contribution is 6.31. The molecule has 0 fully saturated rings. The molecule has 3 rings (SSSR count). The van der Waals surface area contributed by atoms with Crippen molar-refractivity contribution < 1.29 is 9.18 Å². The topological polar surface area (TPSA) is 64.7 Å². The lowest BCUT2D eigenvalue weighted by Gasteiger charge is -2.07. The van der Waals surface area contributed by atoms with Crippen LogP contribution in [0, 0.1) is 12.7 Å². The first kappa shape index (κ1) is 17.2. The Kier molecular flexibility index (Phi) is 4.85.